The van der Waals surface area contributed by atoms with Crippen molar-refractivity contribution in [2.45, 2.75) is 38.8 Å². The molecular formula is C35H35F2N7O4S. The molecule has 14 heteroatoms. The summed E-state index contributed by atoms with van der Waals surface area (Å²) < 4.78 is 34.8. The first kappa shape index (κ1) is 35.1. The summed E-state index contributed by atoms with van der Waals surface area (Å²) in [7, 11) is 0. The molecule has 1 amide bonds. The molecule has 2 atom stereocenters. The Balaban J connectivity index is 1.31. The number of hydrogen-bond donors (Lipinski definition) is 3. The van der Waals surface area contributed by atoms with Crippen molar-refractivity contribution in [3.63, 3.8) is 0 Å². The van der Waals surface area contributed by atoms with Gasteiger partial charge in [-0.25, -0.2) is 18.6 Å². The topological polar surface area (TPSA) is 157 Å². The van der Waals surface area contributed by atoms with Gasteiger partial charge < -0.3 is 25.8 Å². The molecule has 0 radical (unpaired) electrons. The lowest BCUT2D eigenvalue weighted by Crippen LogP contribution is -2.44. The standard InChI is InChI=1S/C35H35F2N7O4S/c1-21-10-25(11-22(2)33(21)48-32(46)15-40-31(45)14-39)16-43-19-41-44(20-43)18-35(47,28-9-8-27(36)12-29(28)37)23(3)34-42-30(17-49-34)26-6-4-24(13-38)5-7-26/h4-12,17,19,23,47H,14-16,18,20,39H2,1-3H3,(H,40,45)/t23-,35+/m0/s1. The van der Waals surface area contributed by atoms with E-state index in [1.807, 2.05) is 36.3 Å². The third-order valence-corrected chi connectivity index (χ3v) is 9.23. The zero-order valence-electron chi connectivity index (χ0n) is 27.1. The zero-order chi connectivity index (χ0) is 35.3. The molecule has 2 heterocycles. The van der Waals surface area contributed by atoms with Gasteiger partial charge in [-0.3, -0.25) is 9.80 Å². The third kappa shape index (κ3) is 8.09. The predicted molar refractivity (Wildman–Crippen MR) is 180 cm³/mol. The van der Waals surface area contributed by atoms with E-state index in [4.69, 9.17) is 20.7 Å². The Hall–Kier alpha value is -5.23. The van der Waals surface area contributed by atoms with Crippen molar-refractivity contribution in [3.8, 4) is 23.1 Å². The van der Waals surface area contributed by atoms with Crippen LogP contribution in [0.25, 0.3) is 11.3 Å². The quantitative estimate of drug-likeness (QED) is 0.146. The van der Waals surface area contributed by atoms with Crippen molar-refractivity contribution in [1.29, 1.82) is 5.26 Å². The maximum absolute atomic E-state index is 15.3. The molecule has 5 rings (SSSR count). The molecule has 1 aromatic heterocycles. The highest BCUT2D eigenvalue weighted by Gasteiger charge is 2.43. The fraction of sp³-hybridized carbons (Fsp3) is 0.286. The molecule has 49 heavy (non-hydrogen) atoms. The number of carbonyl (C=O) groups excluding carboxylic acids is 2. The van der Waals surface area contributed by atoms with Crippen molar-refractivity contribution in [3.05, 3.63) is 104 Å². The fourth-order valence-corrected chi connectivity index (χ4v) is 6.61. The van der Waals surface area contributed by atoms with Crippen LogP contribution < -0.4 is 15.8 Å². The van der Waals surface area contributed by atoms with E-state index >= 15 is 4.39 Å². The summed E-state index contributed by atoms with van der Waals surface area (Å²) in [4.78, 5) is 30.2. The lowest BCUT2D eigenvalue weighted by atomic mass is 9.81. The summed E-state index contributed by atoms with van der Waals surface area (Å²) in [5, 5.41) is 32.3. The maximum atomic E-state index is 15.3. The van der Waals surface area contributed by atoms with Crippen LogP contribution in [0.2, 0.25) is 0 Å². The molecule has 1 aliphatic rings. The number of nitriles is 1. The number of β-amino-alcohol motifs (C(OH)–C–C–N with tert-alkyl or cyclic N) is 1. The molecule has 0 saturated carbocycles. The second kappa shape index (κ2) is 14.9. The number of amides is 1. The van der Waals surface area contributed by atoms with Gasteiger partial charge in [-0.05, 0) is 48.7 Å². The van der Waals surface area contributed by atoms with Crippen molar-refractivity contribution in [2.24, 2.45) is 10.8 Å². The molecule has 0 spiro atoms. The van der Waals surface area contributed by atoms with Crippen LogP contribution in [0, 0.1) is 36.8 Å². The molecule has 0 aliphatic carbocycles. The highest BCUT2D eigenvalue weighted by Crippen LogP contribution is 2.41. The average Bonchev–Trinajstić information content (AvgIpc) is 3.74. The van der Waals surface area contributed by atoms with Gasteiger partial charge in [0.1, 0.15) is 42.5 Å². The Morgan fingerprint density at radius 3 is 2.53 bits per heavy atom. The van der Waals surface area contributed by atoms with Crippen LogP contribution in [0.3, 0.4) is 0 Å². The summed E-state index contributed by atoms with van der Waals surface area (Å²) in [6, 6.07) is 15.9. The molecular weight excluding hydrogens is 652 g/mol. The normalized spacial score (nSPS) is 14.3. The summed E-state index contributed by atoms with van der Waals surface area (Å²) in [6.07, 6.45) is 1.62. The number of nitrogens with zero attached hydrogens (tertiary/aromatic N) is 5. The molecule has 3 aromatic carbocycles. The minimum atomic E-state index is -1.85. The van der Waals surface area contributed by atoms with Crippen LogP contribution >= 0.6 is 11.3 Å². The Labute approximate surface area is 286 Å². The van der Waals surface area contributed by atoms with Gasteiger partial charge >= 0.3 is 5.97 Å². The number of esters is 1. The fourth-order valence-electron chi connectivity index (χ4n) is 5.64. The SMILES string of the molecule is Cc1cc(CN2C=NN(C[C@](O)(c3ccc(F)cc3F)[C@@H](C)c3nc(-c4ccc(C#N)cc4)cs3)C2)cc(C)c1OC(=O)CNC(=O)CN. The van der Waals surface area contributed by atoms with E-state index in [2.05, 4.69) is 16.5 Å². The number of nitrogens with two attached hydrogens (primary N) is 1. The predicted octanol–water partition coefficient (Wildman–Crippen LogP) is 4.27. The van der Waals surface area contributed by atoms with Crippen molar-refractivity contribution >= 4 is 29.6 Å². The molecule has 11 nitrogen and oxygen atoms in total. The van der Waals surface area contributed by atoms with Crippen LogP contribution in [-0.4, -0.2) is 64.5 Å². The Morgan fingerprint density at radius 1 is 1.16 bits per heavy atom. The lowest BCUT2D eigenvalue weighted by Gasteiger charge is -2.36. The minimum Gasteiger partial charge on any atom is -0.425 e. The third-order valence-electron chi connectivity index (χ3n) is 8.20. The number of aryl methyl sites for hydroxylation is 2. The molecule has 4 aromatic rings. The van der Waals surface area contributed by atoms with Gasteiger partial charge in [0.2, 0.25) is 5.91 Å². The first-order valence-electron chi connectivity index (χ1n) is 15.3. The van der Waals surface area contributed by atoms with Crippen molar-refractivity contribution in [2.75, 3.05) is 26.3 Å². The van der Waals surface area contributed by atoms with E-state index < -0.39 is 35.0 Å². The van der Waals surface area contributed by atoms with Crippen LogP contribution in [0.5, 0.6) is 5.75 Å². The number of aliphatic hydroxyl groups is 1. The molecule has 0 fully saturated rings. The number of halogens is 2. The maximum Gasteiger partial charge on any atom is 0.330 e. The average molecular weight is 688 g/mol. The number of aromatic nitrogens is 1. The van der Waals surface area contributed by atoms with E-state index in [0.29, 0.717) is 28.6 Å². The molecule has 4 N–H and O–H groups in total. The van der Waals surface area contributed by atoms with E-state index in [0.717, 1.165) is 34.4 Å². The van der Waals surface area contributed by atoms with Gasteiger partial charge in [-0.15, -0.1) is 11.3 Å². The van der Waals surface area contributed by atoms with E-state index in [1.54, 1.807) is 42.5 Å². The van der Waals surface area contributed by atoms with Crippen LogP contribution in [-0.2, 0) is 21.7 Å². The zero-order valence-corrected chi connectivity index (χ0v) is 27.9. The van der Waals surface area contributed by atoms with Gasteiger partial charge in [0.05, 0.1) is 35.4 Å². The summed E-state index contributed by atoms with van der Waals surface area (Å²) in [5.74, 6) is -3.05. The van der Waals surface area contributed by atoms with Gasteiger partial charge in [0, 0.05) is 35.0 Å². The first-order valence-corrected chi connectivity index (χ1v) is 16.2. The molecule has 1 aliphatic heterocycles. The number of ether oxygens (including phenoxy) is 1. The first-order chi connectivity index (χ1) is 23.4. The van der Waals surface area contributed by atoms with E-state index in [-0.39, 0.29) is 31.9 Å². The highest BCUT2D eigenvalue weighted by atomic mass is 32.1. The second-order valence-electron chi connectivity index (χ2n) is 11.8. The van der Waals surface area contributed by atoms with Crippen molar-refractivity contribution in [1.82, 2.24) is 20.2 Å². The van der Waals surface area contributed by atoms with Gasteiger partial charge in [-0.1, -0.05) is 37.3 Å². The molecule has 0 unspecified atom stereocenters. The Kier molecular flexibility index (Phi) is 10.7. The number of rotatable bonds is 12. The van der Waals surface area contributed by atoms with Crippen molar-refractivity contribution < 1.29 is 28.2 Å². The monoisotopic (exact) mass is 687 g/mol. The van der Waals surface area contributed by atoms with Crippen LogP contribution in [0.1, 0.15) is 45.7 Å². The molecule has 0 saturated heterocycles. The largest absolute Gasteiger partial charge is 0.425 e. The summed E-state index contributed by atoms with van der Waals surface area (Å²) in [6.45, 7) is 5.41. The summed E-state index contributed by atoms with van der Waals surface area (Å²) in [5.41, 5.74) is 7.63. The number of nitrogens with one attached hydrogen (secondary N) is 1. The van der Waals surface area contributed by atoms with E-state index in [9.17, 15) is 19.1 Å². The lowest BCUT2D eigenvalue weighted by molar-refractivity contribution is -0.135. The smallest absolute Gasteiger partial charge is 0.330 e. The number of thiazole rings is 1. The highest BCUT2D eigenvalue weighted by molar-refractivity contribution is 7.10. The Morgan fingerprint density at radius 2 is 1.88 bits per heavy atom. The van der Waals surface area contributed by atoms with Gasteiger partial charge in [0.25, 0.3) is 0 Å². The van der Waals surface area contributed by atoms with Gasteiger partial charge in [-0.2, -0.15) is 10.4 Å². The second-order valence-corrected chi connectivity index (χ2v) is 12.7. The number of benzene rings is 3. The summed E-state index contributed by atoms with van der Waals surface area (Å²) >= 11 is 1.31. The van der Waals surface area contributed by atoms with Crippen LogP contribution in [0.15, 0.2) is 65.1 Å². The van der Waals surface area contributed by atoms with Gasteiger partial charge in [0.15, 0.2) is 0 Å². The minimum absolute atomic E-state index is 0.0795. The van der Waals surface area contributed by atoms with Crippen LogP contribution in [0.4, 0.5) is 8.78 Å². The number of carbonyl (C=O) groups is 2. The molecule has 254 valence electrons. The number of hydrogen-bond acceptors (Lipinski definition) is 11. The number of hydrazone groups is 1. The Bertz CT molecular complexity index is 1900. The molecule has 0 bridgehead atoms. The van der Waals surface area contributed by atoms with E-state index in [1.165, 1.54) is 17.4 Å².